The standard InChI is InChI=1S/C4H8INO/c5-3-1-2-4-7-6/h1-2H,3-4,6H2/b2-1-. The van der Waals surface area contributed by atoms with Crippen molar-refractivity contribution in [1.82, 2.24) is 0 Å². The van der Waals surface area contributed by atoms with E-state index in [1.54, 1.807) is 0 Å². The SMILES string of the molecule is NOC/C=C\CI. The molecule has 2 nitrogen and oxygen atoms in total. The van der Waals surface area contributed by atoms with Crippen molar-refractivity contribution in [2.75, 3.05) is 11.0 Å². The van der Waals surface area contributed by atoms with Crippen molar-refractivity contribution in [3.05, 3.63) is 12.2 Å². The van der Waals surface area contributed by atoms with Crippen molar-refractivity contribution < 1.29 is 4.84 Å². The smallest absolute Gasteiger partial charge is 0.0861 e. The lowest BCUT2D eigenvalue weighted by molar-refractivity contribution is 0.168. The van der Waals surface area contributed by atoms with E-state index in [9.17, 15) is 0 Å². The van der Waals surface area contributed by atoms with Gasteiger partial charge in [0.25, 0.3) is 0 Å². The maximum absolute atomic E-state index is 4.72. The third-order valence-corrected chi connectivity index (χ3v) is 0.957. The highest BCUT2D eigenvalue weighted by Crippen LogP contribution is 1.81. The lowest BCUT2D eigenvalue weighted by atomic mass is 10.6. The Morgan fingerprint density at radius 2 is 2.29 bits per heavy atom. The van der Waals surface area contributed by atoms with Gasteiger partial charge in [-0.05, 0) is 0 Å². The molecule has 0 heterocycles. The zero-order chi connectivity index (χ0) is 5.54. The molecule has 2 N–H and O–H groups in total. The van der Waals surface area contributed by atoms with Gasteiger partial charge in [-0.15, -0.1) is 0 Å². The summed E-state index contributed by atoms with van der Waals surface area (Å²) in [6.45, 7) is 0.517. The molecule has 0 atom stereocenters. The molecular formula is C4H8INO. The molecular weight excluding hydrogens is 205 g/mol. The molecule has 0 aliphatic rings. The van der Waals surface area contributed by atoms with E-state index >= 15 is 0 Å². The average molecular weight is 213 g/mol. The number of halogens is 1. The Morgan fingerprint density at radius 3 is 2.71 bits per heavy atom. The molecule has 0 aliphatic heterocycles. The van der Waals surface area contributed by atoms with Gasteiger partial charge in [0, 0.05) is 4.43 Å². The lowest BCUT2D eigenvalue weighted by Gasteiger charge is -1.82. The molecule has 0 amide bonds. The number of nitrogens with two attached hydrogens (primary N) is 1. The number of rotatable bonds is 3. The van der Waals surface area contributed by atoms with E-state index in [4.69, 9.17) is 5.90 Å². The normalized spacial score (nSPS) is 10.6. The first-order valence-electron chi connectivity index (χ1n) is 1.94. The van der Waals surface area contributed by atoms with Crippen molar-refractivity contribution in [1.29, 1.82) is 0 Å². The van der Waals surface area contributed by atoms with Gasteiger partial charge in [0.1, 0.15) is 0 Å². The minimum atomic E-state index is 0.517. The van der Waals surface area contributed by atoms with E-state index in [1.807, 2.05) is 12.2 Å². The van der Waals surface area contributed by atoms with E-state index < -0.39 is 0 Å². The molecule has 0 aromatic rings. The fraction of sp³-hybridized carbons (Fsp3) is 0.500. The lowest BCUT2D eigenvalue weighted by Crippen LogP contribution is -1.96. The highest BCUT2D eigenvalue weighted by atomic mass is 127. The molecule has 7 heavy (non-hydrogen) atoms. The van der Waals surface area contributed by atoms with Crippen molar-refractivity contribution in [3.8, 4) is 0 Å². The van der Waals surface area contributed by atoms with Gasteiger partial charge >= 0.3 is 0 Å². The highest BCUT2D eigenvalue weighted by molar-refractivity contribution is 14.1. The van der Waals surface area contributed by atoms with E-state index in [0.717, 1.165) is 4.43 Å². The van der Waals surface area contributed by atoms with Crippen LogP contribution in [0.25, 0.3) is 0 Å². The second kappa shape index (κ2) is 6.39. The monoisotopic (exact) mass is 213 g/mol. The molecule has 0 saturated heterocycles. The number of hydrogen-bond donors (Lipinski definition) is 1. The minimum absolute atomic E-state index is 0.517. The molecule has 42 valence electrons. The largest absolute Gasteiger partial charge is 0.300 e. The molecule has 0 spiro atoms. The van der Waals surface area contributed by atoms with Gasteiger partial charge in [-0.1, -0.05) is 34.7 Å². The first kappa shape index (κ1) is 7.39. The second-order valence-corrected chi connectivity index (χ2v) is 1.84. The van der Waals surface area contributed by atoms with Crippen LogP contribution in [0.2, 0.25) is 0 Å². The van der Waals surface area contributed by atoms with Crippen molar-refractivity contribution in [2.24, 2.45) is 5.90 Å². The van der Waals surface area contributed by atoms with Gasteiger partial charge in [-0.25, -0.2) is 5.90 Å². The summed E-state index contributed by atoms with van der Waals surface area (Å²) in [5.74, 6) is 4.72. The summed E-state index contributed by atoms with van der Waals surface area (Å²) in [6.07, 6.45) is 3.87. The molecule has 3 heteroatoms. The molecule has 0 rings (SSSR count). The molecule has 0 aliphatic carbocycles. The summed E-state index contributed by atoms with van der Waals surface area (Å²) < 4.78 is 1.02. The molecule has 0 fully saturated rings. The van der Waals surface area contributed by atoms with Gasteiger partial charge in [0.2, 0.25) is 0 Å². The Balaban J connectivity index is 2.78. The molecule has 0 aromatic carbocycles. The Hall–Kier alpha value is 0.390. The van der Waals surface area contributed by atoms with Gasteiger partial charge in [0.05, 0.1) is 6.61 Å². The fourth-order valence-corrected chi connectivity index (χ4v) is 0.546. The first-order valence-corrected chi connectivity index (χ1v) is 3.47. The van der Waals surface area contributed by atoms with Crippen LogP contribution >= 0.6 is 22.6 Å². The summed E-state index contributed by atoms with van der Waals surface area (Å²) in [5, 5.41) is 0. The topological polar surface area (TPSA) is 35.2 Å². The molecule has 0 aromatic heterocycles. The van der Waals surface area contributed by atoms with Crippen LogP contribution in [-0.4, -0.2) is 11.0 Å². The zero-order valence-electron chi connectivity index (χ0n) is 3.93. The van der Waals surface area contributed by atoms with Gasteiger partial charge < -0.3 is 4.84 Å². The molecule has 0 bridgehead atoms. The number of allylic oxidation sites excluding steroid dienone is 1. The molecule has 0 radical (unpaired) electrons. The van der Waals surface area contributed by atoms with E-state index in [1.165, 1.54) is 0 Å². The third-order valence-electron chi connectivity index (χ3n) is 0.448. The zero-order valence-corrected chi connectivity index (χ0v) is 6.09. The minimum Gasteiger partial charge on any atom is -0.300 e. The van der Waals surface area contributed by atoms with Crippen LogP contribution in [0.5, 0.6) is 0 Å². The Kier molecular flexibility index (Phi) is 6.75. The average Bonchev–Trinajstić information content (AvgIpc) is 1.69. The van der Waals surface area contributed by atoms with Crippen LogP contribution in [0.3, 0.4) is 0 Å². The van der Waals surface area contributed by atoms with Crippen molar-refractivity contribution in [3.63, 3.8) is 0 Å². The quantitative estimate of drug-likeness (QED) is 0.326. The highest BCUT2D eigenvalue weighted by Gasteiger charge is 1.67. The summed E-state index contributed by atoms with van der Waals surface area (Å²) in [7, 11) is 0. The van der Waals surface area contributed by atoms with Gasteiger partial charge in [-0.3, -0.25) is 0 Å². The van der Waals surface area contributed by atoms with Crippen molar-refractivity contribution >= 4 is 22.6 Å². The van der Waals surface area contributed by atoms with Crippen molar-refractivity contribution in [2.45, 2.75) is 0 Å². The molecule has 0 unspecified atom stereocenters. The van der Waals surface area contributed by atoms with Gasteiger partial charge in [0.15, 0.2) is 0 Å². The maximum atomic E-state index is 4.72. The summed E-state index contributed by atoms with van der Waals surface area (Å²) >= 11 is 2.24. The Morgan fingerprint density at radius 1 is 1.57 bits per heavy atom. The van der Waals surface area contributed by atoms with Crippen LogP contribution in [0.1, 0.15) is 0 Å². The Labute approximate surface area is 56.8 Å². The maximum Gasteiger partial charge on any atom is 0.0861 e. The predicted molar refractivity (Wildman–Crippen MR) is 38.2 cm³/mol. The van der Waals surface area contributed by atoms with Gasteiger partial charge in [-0.2, -0.15) is 0 Å². The second-order valence-electron chi connectivity index (χ2n) is 0.959. The summed E-state index contributed by atoms with van der Waals surface area (Å²) in [5.41, 5.74) is 0. The summed E-state index contributed by atoms with van der Waals surface area (Å²) in [6, 6.07) is 0. The summed E-state index contributed by atoms with van der Waals surface area (Å²) in [4.78, 5) is 4.25. The third kappa shape index (κ3) is 6.39. The number of hydrogen-bond acceptors (Lipinski definition) is 2. The van der Waals surface area contributed by atoms with E-state index in [-0.39, 0.29) is 0 Å². The Bertz CT molecular complexity index is 55.7. The van der Waals surface area contributed by atoms with Crippen LogP contribution in [0.4, 0.5) is 0 Å². The van der Waals surface area contributed by atoms with E-state index in [0.29, 0.717) is 6.61 Å². The van der Waals surface area contributed by atoms with Crippen LogP contribution < -0.4 is 5.90 Å². The first-order chi connectivity index (χ1) is 3.41. The van der Waals surface area contributed by atoms with Crippen LogP contribution in [0, 0.1) is 0 Å². The van der Waals surface area contributed by atoms with E-state index in [2.05, 4.69) is 27.4 Å². The predicted octanol–water partition coefficient (Wildman–Crippen LogP) is 0.868. The molecule has 0 saturated carbocycles. The van der Waals surface area contributed by atoms with Crippen LogP contribution in [0.15, 0.2) is 12.2 Å². The fourth-order valence-electron chi connectivity index (χ4n) is 0.187. The van der Waals surface area contributed by atoms with Crippen LogP contribution in [-0.2, 0) is 4.84 Å². The number of alkyl halides is 1.